The molecule has 0 saturated heterocycles. The number of methoxy groups -OCH3 is 4. The van der Waals surface area contributed by atoms with Gasteiger partial charge in [-0.15, -0.1) is 0 Å². The van der Waals surface area contributed by atoms with Gasteiger partial charge in [0.15, 0.2) is 17.6 Å². The van der Waals surface area contributed by atoms with E-state index in [1.165, 1.54) is 34.3 Å². The number of carbonyl (C=O) groups excluding carboxylic acids is 2. The molecule has 0 aliphatic rings. The van der Waals surface area contributed by atoms with Crippen LogP contribution in [0.5, 0.6) is 23.0 Å². The molecule has 2 rings (SSSR count). The highest BCUT2D eigenvalue weighted by molar-refractivity contribution is 5.96. The van der Waals surface area contributed by atoms with Gasteiger partial charge in [0.1, 0.15) is 11.3 Å². The van der Waals surface area contributed by atoms with E-state index in [2.05, 4.69) is 5.32 Å². The molecule has 2 aromatic carbocycles. The zero-order valence-corrected chi connectivity index (χ0v) is 17.1. The lowest BCUT2D eigenvalue weighted by Gasteiger charge is -2.17. The molecule has 0 bridgehead atoms. The van der Waals surface area contributed by atoms with E-state index in [1.807, 2.05) is 12.1 Å². The lowest BCUT2D eigenvalue weighted by Crippen LogP contribution is -2.35. The number of hydrogen-bond acceptors (Lipinski definition) is 7. The van der Waals surface area contributed by atoms with Crippen molar-refractivity contribution in [2.45, 2.75) is 19.6 Å². The maximum Gasteiger partial charge on any atom is 0.342 e. The van der Waals surface area contributed by atoms with Crippen LogP contribution in [0.4, 0.5) is 0 Å². The Balaban J connectivity index is 2.03. The third-order valence-electron chi connectivity index (χ3n) is 4.20. The normalized spacial score (nSPS) is 11.2. The van der Waals surface area contributed by atoms with Crippen LogP contribution in [0.25, 0.3) is 0 Å². The van der Waals surface area contributed by atoms with Crippen molar-refractivity contribution in [1.82, 2.24) is 5.32 Å². The molecule has 156 valence electrons. The number of ether oxygens (including phenoxy) is 5. The Morgan fingerprint density at radius 3 is 2.07 bits per heavy atom. The van der Waals surface area contributed by atoms with Gasteiger partial charge in [-0.25, -0.2) is 4.79 Å². The van der Waals surface area contributed by atoms with Gasteiger partial charge in [0.05, 0.1) is 28.4 Å². The van der Waals surface area contributed by atoms with Crippen molar-refractivity contribution < 1.29 is 33.3 Å². The van der Waals surface area contributed by atoms with Crippen molar-refractivity contribution in [2.75, 3.05) is 28.4 Å². The second-order valence-electron chi connectivity index (χ2n) is 6.00. The van der Waals surface area contributed by atoms with E-state index in [9.17, 15) is 9.59 Å². The molecule has 0 saturated carbocycles. The molecule has 1 amide bonds. The SMILES string of the molecule is COc1ccc(CNC(=O)[C@@H](C)OC(=O)c2ccc(OC)c(OC)c2OC)cc1. The summed E-state index contributed by atoms with van der Waals surface area (Å²) < 4.78 is 26.1. The third kappa shape index (κ3) is 5.31. The molecular weight excluding hydrogens is 378 g/mol. The zero-order chi connectivity index (χ0) is 21.4. The van der Waals surface area contributed by atoms with Crippen molar-refractivity contribution in [2.24, 2.45) is 0 Å². The number of nitrogens with one attached hydrogen (secondary N) is 1. The second kappa shape index (κ2) is 10.2. The van der Waals surface area contributed by atoms with Crippen LogP contribution in [0, 0.1) is 0 Å². The maximum absolute atomic E-state index is 12.6. The first kappa shape index (κ1) is 21.9. The molecule has 8 heteroatoms. The number of rotatable bonds is 9. The molecule has 0 aliphatic carbocycles. The minimum absolute atomic E-state index is 0.125. The molecule has 29 heavy (non-hydrogen) atoms. The van der Waals surface area contributed by atoms with Gasteiger partial charge in [0.25, 0.3) is 5.91 Å². The molecule has 0 heterocycles. The van der Waals surface area contributed by atoms with Crippen molar-refractivity contribution >= 4 is 11.9 Å². The average Bonchev–Trinajstić information content (AvgIpc) is 2.76. The maximum atomic E-state index is 12.6. The lowest BCUT2D eigenvalue weighted by molar-refractivity contribution is -0.129. The molecule has 0 fully saturated rings. The van der Waals surface area contributed by atoms with Crippen LogP contribution in [0.1, 0.15) is 22.8 Å². The molecule has 0 unspecified atom stereocenters. The van der Waals surface area contributed by atoms with Gasteiger partial charge < -0.3 is 29.0 Å². The third-order valence-corrected chi connectivity index (χ3v) is 4.20. The Morgan fingerprint density at radius 1 is 0.862 bits per heavy atom. The Hall–Kier alpha value is -3.42. The average molecular weight is 403 g/mol. The van der Waals surface area contributed by atoms with Crippen LogP contribution in [0.15, 0.2) is 36.4 Å². The van der Waals surface area contributed by atoms with Gasteiger partial charge in [-0.05, 0) is 36.8 Å². The summed E-state index contributed by atoms with van der Waals surface area (Å²) in [5.41, 5.74) is 1.01. The summed E-state index contributed by atoms with van der Waals surface area (Å²) in [6.07, 6.45) is -1.00. The number of benzene rings is 2. The highest BCUT2D eigenvalue weighted by atomic mass is 16.6. The molecule has 1 atom stereocenters. The lowest BCUT2D eigenvalue weighted by atomic mass is 10.1. The van der Waals surface area contributed by atoms with Crippen LogP contribution in [-0.4, -0.2) is 46.4 Å². The monoisotopic (exact) mass is 403 g/mol. The van der Waals surface area contributed by atoms with E-state index in [0.29, 0.717) is 12.3 Å². The summed E-state index contributed by atoms with van der Waals surface area (Å²) in [6, 6.07) is 10.3. The van der Waals surface area contributed by atoms with Crippen molar-refractivity contribution in [3.05, 3.63) is 47.5 Å². The van der Waals surface area contributed by atoms with Crippen LogP contribution < -0.4 is 24.3 Å². The first-order valence-electron chi connectivity index (χ1n) is 8.85. The van der Waals surface area contributed by atoms with Crippen LogP contribution >= 0.6 is 0 Å². The van der Waals surface area contributed by atoms with Crippen LogP contribution in [0.3, 0.4) is 0 Å². The van der Waals surface area contributed by atoms with Gasteiger partial charge in [-0.3, -0.25) is 4.79 Å². The molecule has 0 radical (unpaired) electrons. The molecule has 0 spiro atoms. The summed E-state index contributed by atoms with van der Waals surface area (Å²) in [7, 11) is 5.90. The minimum atomic E-state index is -1.00. The highest BCUT2D eigenvalue weighted by Crippen LogP contribution is 2.40. The fourth-order valence-corrected chi connectivity index (χ4v) is 2.62. The highest BCUT2D eigenvalue weighted by Gasteiger charge is 2.25. The topological polar surface area (TPSA) is 92.3 Å². The van der Waals surface area contributed by atoms with E-state index in [-0.39, 0.29) is 17.1 Å². The van der Waals surface area contributed by atoms with Crippen molar-refractivity contribution in [3.63, 3.8) is 0 Å². The predicted octanol–water partition coefficient (Wildman–Crippen LogP) is 2.58. The van der Waals surface area contributed by atoms with Crippen molar-refractivity contribution in [1.29, 1.82) is 0 Å². The summed E-state index contributed by atoms with van der Waals surface area (Å²) in [4.78, 5) is 24.9. The van der Waals surface area contributed by atoms with Crippen LogP contribution in [0.2, 0.25) is 0 Å². The van der Waals surface area contributed by atoms with E-state index in [4.69, 9.17) is 23.7 Å². The Morgan fingerprint density at radius 2 is 1.52 bits per heavy atom. The number of hydrogen-bond donors (Lipinski definition) is 1. The van der Waals surface area contributed by atoms with E-state index < -0.39 is 18.0 Å². The molecule has 2 aromatic rings. The van der Waals surface area contributed by atoms with Gasteiger partial charge in [-0.2, -0.15) is 0 Å². The Bertz CT molecular complexity index is 849. The Labute approximate surface area is 169 Å². The fraction of sp³-hybridized carbons (Fsp3) is 0.333. The fourth-order valence-electron chi connectivity index (χ4n) is 2.62. The first-order valence-corrected chi connectivity index (χ1v) is 8.85. The summed E-state index contributed by atoms with van der Waals surface area (Å²) in [6.45, 7) is 1.79. The standard InChI is InChI=1S/C21H25NO7/c1-13(20(23)22-12-14-6-8-15(25-2)9-7-14)29-21(24)16-10-11-17(26-3)19(28-5)18(16)27-4/h6-11,13H,12H2,1-5H3,(H,22,23)/t13-/m1/s1. The molecular formula is C21H25NO7. The summed E-state index contributed by atoms with van der Waals surface area (Å²) >= 11 is 0. The number of carbonyl (C=O) groups is 2. The largest absolute Gasteiger partial charge is 0.497 e. The predicted molar refractivity (Wildman–Crippen MR) is 106 cm³/mol. The van der Waals surface area contributed by atoms with Gasteiger partial charge >= 0.3 is 5.97 Å². The van der Waals surface area contributed by atoms with Crippen LogP contribution in [-0.2, 0) is 16.1 Å². The van der Waals surface area contributed by atoms with Gasteiger partial charge in [0, 0.05) is 6.54 Å². The van der Waals surface area contributed by atoms with E-state index >= 15 is 0 Å². The minimum Gasteiger partial charge on any atom is -0.497 e. The van der Waals surface area contributed by atoms with Crippen molar-refractivity contribution in [3.8, 4) is 23.0 Å². The molecule has 1 N–H and O–H groups in total. The van der Waals surface area contributed by atoms with E-state index in [0.717, 1.165) is 11.3 Å². The number of amides is 1. The quantitative estimate of drug-likeness (QED) is 0.644. The smallest absolute Gasteiger partial charge is 0.342 e. The van der Waals surface area contributed by atoms with Gasteiger partial charge in [0.2, 0.25) is 5.75 Å². The van der Waals surface area contributed by atoms with E-state index in [1.54, 1.807) is 25.3 Å². The first-order chi connectivity index (χ1) is 13.9. The van der Waals surface area contributed by atoms with Gasteiger partial charge in [-0.1, -0.05) is 12.1 Å². The molecule has 8 nitrogen and oxygen atoms in total. The Kier molecular flexibility index (Phi) is 7.70. The molecule has 0 aromatic heterocycles. The second-order valence-corrected chi connectivity index (χ2v) is 6.00. The number of esters is 1. The summed E-state index contributed by atoms with van der Waals surface area (Å²) in [5.74, 6) is 0.435. The summed E-state index contributed by atoms with van der Waals surface area (Å²) in [5, 5.41) is 2.73. The molecule has 0 aliphatic heterocycles. The zero-order valence-electron chi connectivity index (χ0n) is 17.1.